The molecule has 1 saturated carbocycles. The number of rotatable bonds is 5. The molecule has 0 amide bonds. The van der Waals surface area contributed by atoms with Crippen LogP contribution >= 0.6 is 15.9 Å². The first-order valence-corrected chi connectivity index (χ1v) is 9.62. The Morgan fingerprint density at radius 2 is 1.96 bits per heavy atom. The molecule has 1 aromatic heterocycles. The molecule has 4 nitrogen and oxygen atoms in total. The summed E-state index contributed by atoms with van der Waals surface area (Å²) in [6.07, 6.45) is 6.72. The van der Waals surface area contributed by atoms with Crippen molar-refractivity contribution in [1.82, 2.24) is 14.9 Å². The highest BCUT2D eigenvalue weighted by molar-refractivity contribution is 9.10. The summed E-state index contributed by atoms with van der Waals surface area (Å²) in [4.78, 5) is 11.6. The second kappa shape index (κ2) is 7.19. The summed E-state index contributed by atoms with van der Waals surface area (Å²) in [5.41, 5.74) is 1.38. The van der Waals surface area contributed by atoms with Crippen molar-refractivity contribution in [2.24, 2.45) is 0 Å². The summed E-state index contributed by atoms with van der Waals surface area (Å²) < 4.78 is 1.16. The van der Waals surface area contributed by atoms with Crippen molar-refractivity contribution in [3.05, 3.63) is 52.4 Å². The lowest BCUT2D eigenvalue weighted by Crippen LogP contribution is -2.38. The van der Waals surface area contributed by atoms with Crippen molar-refractivity contribution in [2.45, 2.75) is 44.2 Å². The van der Waals surface area contributed by atoms with Gasteiger partial charge in [-0.3, -0.25) is 4.90 Å². The first kappa shape index (κ1) is 16.0. The molecule has 2 fully saturated rings. The summed E-state index contributed by atoms with van der Waals surface area (Å²) in [6.45, 7) is 3.29. The van der Waals surface area contributed by atoms with Crippen LogP contribution in [0, 0.1) is 0 Å². The molecule has 0 radical (unpaired) electrons. The first-order chi connectivity index (χ1) is 11.8. The average Bonchev–Trinajstić information content (AvgIpc) is 3.42. The standard InChI is InChI=1S/C19H23BrN4/c20-16-3-1-2-14(12-16)13-24-10-7-17(8-11-24)22-18-6-9-21-19(23-18)15-4-5-15/h1-3,6,9,12,15,17H,4-5,7-8,10-11,13H2,(H,21,22,23). The molecule has 2 aromatic rings. The van der Waals surface area contributed by atoms with Crippen molar-refractivity contribution in [1.29, 1.82) is 0 Å². The van der Waals surface area contributed by atoms with Gasteiger partial charge in [0.15, 0.2) is 0 Å². The Morgan fingerprint density at radius 1 is 1.12 bits per heavy atom. The Morgan fingerprint density at radius 3 is 2.71 bits per heavy atom. The third-order valence-electron chi connectivity index (χ3n) is 4.85. The number of benzene rings is 1. The molecular formula is C19H23BrN4. The van der Waals surface area contributed by atoms with Crippen LogP contribution < -0.4 is 5.32 Å². The molecule has 0 atom stereocenters. The Hall–Kier alpha value is -1.46. The van der Waals surface area contributed by atoms with Crippen LogP contribution in [0.1, 0.15) is 43.0 Å². The first-order valence-electron chi connectivity index (χ1n) is 8.82. The quantitative estimate of drug-likeness (QED) is 0.835. The Bertz CT molecular complexity index is 693. The molecule has 0 bridgehead atoms. The van der Waals surface area contributed by atoms with Crippen LogP contribution in [0.4, 0.5) is 5.82 Å². The van der Waals surface area contributed by atoms with Gasteiger partial charge in [-0.05, 0) is 49.4 Å². The highest BCUT2D eigenvalue weighted by Crippen LogP contribution is 2.38. The molecule has 2 aliphatic rings. The number of nitrogens with zero attached hydrogens (tertiary/aromatic N) is 3. The minimum atomic E-state index is 0.519. The van der Waals surface area contributed by atoms with Gasteiger partial charge in [-0.1, -0.05) is 28.1 Å². The van der Waals surface area contributed by atoms with E-state index in [-0.39, 0.29) is 0 Å². The molecule has 0 spiro atoms. The van der Waals surface area contributed by atoms with E-state index in [1.165, 1.54) is 18.4 Å². The summed E-state index contributed by atoms with van der Waals surface area (Å²) in [5, 5.41) is 3.61. The monoisotopic (exact) mass is 386 g/mol. The van der Waals surface area contributed by atoms with Gasteiger partial charge >= 0.3 is 0 Å². The third kappa shape index (κ3) is 4.14. The van der Waals surface area contributed by atoms with Crippen LogP contribution in [-0.2, 0) is 6.54 Å². The Labute approximate surface area is 151 Å². The molecule has 1 aliphatic carbocycles. The van der Waals surface area contributed by atoms with E-state index < -0.39 is 0 Å². The van der Waals surface area contributed by atoms with Gasteiger partial charge in [-0.15, -0.1) is 0 Å². The third-order valence-corrected chi connectivity index (χ3v) is 5.34. The molecule has 1 aromatic carbocycles. The van der Waals surface area contributed by atoms with Gasteiger partial charge < -0.3 is 5.32 Å². The van der Waals surface area contributed by atoms with Crippen LogP contribution in [0.5, 0.6) is 0 Å². The average molecular weight is 387 g/mol. The number of anilines is 1. The van der Waals surface area contributed by atoms with E-state index in [0.717, 1.165) is 48.6 Å². The van der Waals surface area contributed by atoms with Gasteiger partial charge in [-0.2, -0.15) is 0 Å². The lowest BCUT2D eigenvalue weighted by atomic mass is 10.0. The maximum atomic E-state index is 4.68. The molecule has 24 heavy (non-hydrogen) atoms. The van der Waals surface area contributed by atoms with E-state index in [9.17, 15) is 0 Å². The number of hydrogen-bond acceptors (Lipinski definition) is 4. The second-order valence-corrected chi connectivity index (χ2v) is 7.81. The van der Waals surface area contributed by atoms with Crippen molar-refractivity contribution in [3.63, 3.8) is 0 Å². The molecule has 0 unspecified atom stereocenters. The number of hydrogen-bond donors (Lipinski definition) is 1. The fourth-order valence-corrected chi connectivity index (χ4v) is 3.78. The summed E-state index contributed by atoms with van der Waals surface area (Å²) >= 11 is 3.55. The molecule has 1 saturated heterocycles. The number of aromatic nitrogens is 2. The molecular weight excluding hydrogens is 364 g/mol. The predicted octanol–water partition coefficient (Wildman–Crippen LogP) is 4.19. The zero-order valence-electron chi connectivity index (χ0n) is 13.8. The van der Waals surface area contributed by atoms with E-state index >= 15 is 0 Å². The van der Waals surface area contributed by atoms with Crippen LogP contribution in [-0.4, -0.2) is 34.0 Å². The van der Waals surface area contributed by atoms with Crippen molar-refractivity contribution in [3.8, 4) is 0 Å². The van der Waals surface area contributed by atoms with E-state index in [1.54, 1.807) is 0 Å². The maximum absolute atomic E-state index is 4.68. The molecule has 5 heteroatoms. The minimum absolute atomic E-state index is 0.519. The summed E-state index contributed by atoms with van der Waals surface area (Å²) in [6, 6.07) is 11.1. The zero-order valence-corrected chi connectivity index (χ0v) is 15.4. The molecule has 4 rings (SSSR count). The summed E-state index contributed by atoms with van der Waals surface area (Å²) in [7, 11) is 0. The highest BCUT2D eigenvalue weighted by atomic mass is 79.9. The Balaban J connectivity index is 1.29. The van der Waals surface area contributed by atoms with E-state index in [2.05, 4.69) is 60.4 Å². The number of halogens is 1. The molecule has 1 N–H and O–H groups in total. The molecule has 1 aliphatic heterocycles. The van der Waals surface area contributed by atoms with Gasteiger partial charge in [0.2, 0.25) is 0 Å². The Kier molecular flexibility index (Phi) is 4.81. The predicted molar refractivity (Wildman–Crippen MR) is 100 cm³/mol. The van der Waals surface area contributed by atoms with Crippen LogP contribution in [0.25, 0.3) is 0 Å². The van der Waals surface area contributed by atoms with Crippen LogP contribution in [0.3, 0.4) is 0 Å². The molecule has 126 valence electrons. The smallest absolute Gasteiger partial charge is 0.133 e. The van der Waals surface area contributed by atoms with Crippen LogP contribution in [0.15, 0.2) is 41.0 Å². The van der Waals surface area contributed by atoms with Gasteiger partial charge in [0.05, 0.1) is 0 Å². The van der Waals surface area contributed by atoms with Gasteiger partial charge in [0.25, 0.3) is 0 Å². The van der Waals surface area contributed by atoms with Crippen molar-refractivity contribution >= 4 is 21.7 Å². The lowest BCUT2D eigenvalue weighted by Gasteiger charge is -2.32. The van der Waals surface area contributed by atoms with Gasteiger partial charge in [-0.25, -0.2) is 9.97 Å². The fourth-order valence-electron chi connectivity index (χ4n) is 3.33. The van der Waals surface area contributed by atoms with Crippen LogP contribution in [0.2, 0.25) is 0 Å². The van der Waals surface area contributed by atoms with Crippen molar-refractivity contribution < 1.29 is 0 Å². The van der Waals surface area contributed by atoms with E-state index in [4.69, 9.17) is 0 Å². The van der Waals surface area contributed by atoms with Crippen molar-refractivity contribution in [2.75, 3.05) is 18.4 Å². The zero-order chi connectivity index (χ0) is 16.4. The lowest BCUT2D eigenvalue weighted by molar-refractivity contribution is 0.211. The number of nitrogens with one attached hydrogen (secondary N) is 1. The largest absolute Gasteiger partial charge is 0.367 e. The van der Waals surface area contributed by atoms with E-state index in [1.807, 2.05) is 12.3 Å². The number of likely N-dealkylation sites (tertiary alicyclic amines) is 1. The normalized spacial score (nSPS) is 19.4. The fraction of sp³-hybridized carbons (Fsp3) is 0.474. The highest BCUT2D eigenvalue weighted by Gasteiger charge is 2.27. The maximum Gasteiger partial charge on any atom is 0.133 e. The van der Waals surface area contributed by atoms with Gasteiger partial charge in [0, 0.05) is 42.3 Å². The molecule has 2 heterocycles. The SMILES string of the molecule is Brc1cccc(CN2CCC(Nc3ccnc(C4CC4)n3)CC2)c1. The van der Waals surface area contributed by atoms with E-state index in [0.29, 0.717) is 12.0 Å². The minimum Gasteiger partial charge on any atom is -0.367 e. The van der Waals surface area contributed by atoms with Gasteiger partial charge in [0.1, 0.15) is 11.6 Å². The second-order valence-electron chi connectivity index (χ2n) is 6.90. The topological polar surface area (TPSA) is 41.0 Å². The summed E-state index contributed by atoms with van der Waals surface area (Å²) in [5.74, 6) is 2.63. The number of piperidine rings is 1.